The van der Waals surface area contributed by atoms with E-state index in [4.69, 9.17) is 4.74 Å². The predicted octanol–water partition coefficient (Wildman–Crippen LogP) is 2.76. The van der Waals surface area contributed by atoms with E-state index < -0.39 is 5.25 Å². The molecule has 0 aromatic heterocycles. The van der Waals surface area contributed by atoms with Crippen molar-refractivity contribution in [1.82, 2.24) is 4.90 Å². The first-order chi connectivity index (χ1) is 13.6. The van der Waals surface area contributed by atoms with Crippen LogP contribution in [0.5, 0.6) is 5.75 Å². The van der Waals surface area contributed by atoms with E-state index in [0.717, 1.165) is 17.1 Å². The standard InChI is InChI=1S/C20H20N4O3S/c1-27-16-9-7-15(8-10-16)23-12-21-20-24(13-23)19(26)17(28-20)11-18(25)22-14-5-3-2-4-6-14/h2-10,17H,11-13H2,1H3,(H,22,25)/t17-/m1/s1. The number of rotatable bonds is 5. The van der Waals surface area contributed by atoms with Crippen LogP contribution in [0.25, 0.3) is 0 Å². The van der Waals surface area contributed by atoms with Crippen molar-refractivity contribution in [3.63, 3.8) is 0 Å². The average molecular weight is 396 g/mol. The van der Waals surface area contributed by atoms with Crippen LogP contribution < -0.4 is 15.0 Å². The molecule has 1 fully saturated rings. The van der Waals surface area contributed by atoms with E-state index in [1.807, 2.05) is 59.5 Å². The number of thioether (sulfide) groups is 1. The fraction of sp³-hybridized carbons (Fsp3) is 0.250. The van der Waals surface area contributed by atoms with Gasteiger partial charge in [-0.3, -0.25) is 14.5 Å². The number of hydrogen-bond donors (Lipinski definition) is 1. The van der Waals surface area contributed by atoms with Gasteiger partial charge in [0.05, 0.1) is 7.11 Å². The van der Waals surface area contributed by atoms with Crippen molar-refractivity contribution >= 4 is 40.1 Å². The first-order valence-corrected chi connectivity index (χ1v) is 9.78. The molecule has 144 valence electrons. The van der Waals surface area contributed by atoms with Crippen LogP contribution in [0.2, 0.25) is 0 Å². The topological polar surface area (TPSA) is 74.2 Å². The van der Waals surface area contributed by atoms with E-state index in [1.54, 1.807) is 12.0 Å². The first-order valence-electron chi connectivity index (χ1n) is 8.90. The molecule has 0 radical (unpaired) electrons. The fourth-order valence-corrected chi connectivity index (χ4v) is 4.24. The van der Waals surface area contributed by atoms with Crippen molar-refractivity contribution in [3.05, 3.63) is 54.6 Å². The molecule has 1 atom stereocenters. The number of fused-ring (bicyclic) bond motifs is 1. The average Bonchev–Trinajstić information content (AvgIpc) is 3.03. The zero-order valence-corrected chi connectivity index (χ0v) is 16.2. The minimum absolute atomic E-state index is 0.0785. The summed E-state index contributed by atoms with van der Waals surface area (Å²) in [6.45, 7) is 0.898. The summed E-state index contributed by atoms with van der Waals surface area (Å²) in [5, 5.41) is 3.07. The number of amides is 2. The summed E-state index contributed by atoms with van der Waals surface area (Å²) < 4.78 is 5.18. The van der Waals surface area contributed by atoms with Crippen LogP contribution in [-0.2, 0) is 9.59 Å². The molecule has 2 heterocycles. The van der Waals surface area contributed by atoms with Crippen LogP contribution in [-0.4, -0.2) is 47.6 Å². The highest BCUT2D eigenvalue weighted by atomic mass is 32.2. The van der Waals surface area contributed by atoms with Gasteiger partial charge in [0.2, 0.25) is 11.8 Å². The molecule has 2 aliphatic heterocycles. The Morgan fingerprint density at radius 1 is 1.21 bits per heavy atom. The summed E-state index contributed by atoms with van der Waals surface area (Å²) >= 11 is 1.36. The number of benzene rings is 2. The van der Waals surface area contributed by atoms with E-state index in [2.05, 4.69) is 10.3 Å². The van der Waals surface area contributed by atoms with Gasteiger partial charge < -0.3 is 15.0 Å². The number of amidine groups is 1. The molecular weight excluding hydrogens is 376 g/mol. The fourth-order valence-electron chi connectivity index (χ4n) is 3.11. The Morgan fingerprint density at radius 3 is 2.68 bits per heavy atom. The highest BCUT2D eigenvalue weighted by Crippen LogP contribution is 2.33. The quantitative estimate of drug-likeness (QED) is 0.841. The van der Waals surface area contributed by atoms with E-state index in [-0.39, 0.29) is 18.2 Å². The molecular formula is C20H20N4O3S. The van der Waals surface area contributed by atoms with Gasteiger partial charge in [-0.2, -0.15) is 0 Å². The second-order valence-corrected chi connectivity index (χ2v) is 7.62. The zero-order chi connectivity index (χ0) is 19.5. The molecule has 0 spiro atoms. The number of hydrogen-bond acceptors (Lipinski definition) is 6. The molecule has 0 saturated carbocycles. The second kappa shape index (κ2) is 7.93. The summed E-state index contributed by atoms with van der Waals surface area (Å²) in [4.78, 5) is 33.3. The molecule has 0 bridgehead atoms. The lowest BCUT2D eigenvalue weighted by molar-refractivity contribution is -0.128. The molecule has 2 amide bonds. The van der Waals surface area contributed by atoms with Gasteiger partial charge in [0, 0.05) is 17.8 Å². The van der Waals surface area contributed by atoms with Gasteiger partial charge in [0.15, 0.2) is 5.17 Å². The van der Waals surface area contributed by atoms with E-state index >= 15 is 0 Å². The number of para-hydroxylation sites is 1. The smallest absolute Gasteiger partial charge is 0.244 e. The van der Waals surface area contributed by atoms with Gasteiger partial charge in [-0.1, -0.05) is 30.0 Å². The van der Waals surface area contributed by atoms with Gasteiger partial charge >= 0.3 is 0 Å². The van der Waals surface area contributed by atoms with Crippen LogP contribution in [0, 0.1) is 0 Å². The predicted molar refractivity (Wildman–Crippen MR) is 111 cm³/mol. The van der Waals surface area contributed by atoms with Gasteiger partial charge in [-0.25, -0.2) is 4.99 Å². The largest absolute Gasteiger partial charge is 0.497 e. The minimum atomic E-state index is -0.446. The molecule has 1 N–H and O–H groups in total. The molecule has 4 rings (SSSR count). The first kappa shape index (κ1) is 18.4. The summed E-state index contributed by atoms with van der Waals surface area (Å²) in [7, 11) is 1.63. The Morgan fingerprint density at radius 2 is 1.96 bits per heavy atom. The Hall–Kier alpha value is -3.00. The lowest BCUT2D eigenvalue weighted by Gasteiger charge is -2.32. The molecule has 0 unspecified atom stereocenters. The summed E-state index contributed by atoms with van der Waals surface area (Å²) in [6, 6.07) is 16.9. The van der Waals surface area contributed by atoms with E-state index in [9.17, 15) is 9.59 Å². The lowest BCUT2D eigenvalue weighted by atomic mass is 10.2. The van der Waals surface area contributed by atoms with Crippen LogP contribution in [0.1, 0.15) is 6.42 Å². The van der Waals surface area contributed by atoms with E-state index in [1.165, 1.54) is 11.8 Å². The Kier molecular flexibility index (Phi) is 5.21. The van der Waals surface area contributed by atoms with Crippen molar-refractivity contribution in [3.8, 4) is 5.75 Å². The maximum atomic E-state index is 12.8. The van der Waals surface area contributed by atoms with Crippen molar-refractivity contribution in [2.45, 2.75) is 11.7 Å². The number of nitrogens with zero attached hydrogens (tertiary/aromatic N) is 3. The van der Waals surface area contributed by atoms with Crippen LogP contribution >= 0.6 is 11.8 Å². The van der Waals surface area contributed by atoms with Crippen molar-refractivity contribution < 1.29 is 14.3 Å². The van der Waals surface area contributed by atoms with Gasteiger partial charge in [-0.05, 0) is 36.4 Å². The second-order valence-electron chi connectivity index (χ2n) is 6.45. The Bertz CT molecular complexity index is 901. The SMILES string of the molecule is COc1ccc(N2CN=C3S[C@H](CC(=O)Nc4ccccc4)C(=O)N3C2)cc1. The van der Waals surface area contributed by atoms with Crippen molar-refractivity contribution in [2.75, 3.05) is 30.7 Å². The number of anilines is 2. The number of ether oxygens (including phenoxy) is 1. The molecule has 2 aromatic rings. The highest BCUT2D eigenvalue weighted by Gasteiger charge is 2.41. The van der Waals surface area contributed by atoms with Gasteiger partial charge in [0.1, 0.15) is 24.3 Å². The maximum Gasteiger partial charge on any atom is 0.244 e. The molecule has 1 saturated heterocycles. The third-order valence-corrected chi connectivity index (χ3v) is 5.79. The number of carbonyl (C=O) groups is 2. The number of methoxy groups -OCH3 is 1. The monoisotopic (exact) mass is 396 g/mol. The summed E-state index contributed by atoms with van der Waals surface area (Å²) in [5.74, 6) is 0.525. The lowest BCUT2D eigenvalue weighted by Crippen LogP contribution is -2.46. The minimum Gasteiger partial charge on any atom is -0.497 e. The third-order valence-electron chi connectivity index (χ3n) is 4.57. The van der Waals surface area contributed by atoms with Crippen LogP contribution in [0.4, 0.5) is 11.4 Å². The molecule has 8 heteroatoms. The molecule has 7 nitrogen and oxygen atoms in total. The van der Waals surface area contributed by atoms with E-state index in [0.29, 0.717) is 18.5 Å². The summed E-state index contributed by atoms with van der Waals surface area (Å²) in [5.41, 5.74) is 1.69. The molecule has 2 aliphatic rings. The zero-order valence-electron chi connectivity index (χ0n) is 15.4. The molecule has 28 heavy (non-hydrogen) atoms. The Balaban J connectivity index is 1.39. The van der Waals surface area contributed by atoms with Gasteiger partial charge in [0.25, 0.3) is 0 Å². The molecule has 0 aliphatic carbocycles. The number of carbonyl (C=O) groups excluding carboxylic acids is 2. The van der Waals surface area contributed by atoms with Gasteiger partial charge in [-0.15, -0.1) is 0 Å². The summed E-state index contributed by atoms with van der Waals surface area (Å²) in [6.07, 6.45) is 0.121. The van der Waals surface area contributed by atoms with Crippen LogP contribution in [0.3, 0.4) is 0 Å². The maximum absolute atomic E-state index is 12.8. The Labute approximate surface area is 167 Å². The highest BCUT2D eigenvalue weighted by molar-refractivity contribution is 8.15. The third kappa shape index (κ3) is 3.82. The number of aliphatic imine (C=N–C) groups is 1. The normalized spacial score (nSPS) is 18.5. The molecule has 2 aromatic carbocycles. The van der Waals surface area contributed by atoms with Crippen LogP contribution in [0.15, 0.2) is 59.6 Å². The van der Waals surface area contributed by atoms with Crippen molar-refractivity contribution in [2.24, 2.45) is 4.99 Å². The van der Waals surface area contributed by atoms with Crippen molar-refractivity contribution in [1.29, 1.82) is 0 Å². The number of nitrogens with one attached hydrogen (secondary N) is 1.